The van der Waals surface area contributed by atoms with Crippen molar-refractivity contribution < 1.29 is 14.3 Å². The first-order chi connectivity index (χ1) is 15.0. The molecule has 0 saturated carbocycles. The van der Waals surface area contributed by atoms with Crippen molar-refractivity contribution in [3.8, 4) is 5.75 Å². The van der Waals surface area contributed by atoms with Gasteiger partial charge >= 0.3 is 0 Å². The lowest BCUT2D eigenvalue weighted by Crippen LogP contribution is -2.47. The Morgan fingerprint density at radius 2 is 1.77 bits per heavy atom. The number of amides is 2. The van der Waals surface area contributed by atoms with Crippen molar-refractivity contribution in [3.63, 3.8) is 0 Å². The molecule has 2 aliphatic heterocycles. The molecule has 0 radical (unpaired) electrons. The molecule has 0 atom stereocenters. The van der Waals surface area contributed by atoms with Crippen molar-refractivity contribution in [1.82, 2.24) is 14.7 Å². The van der Waals surface area contributed by atoms with E-state index in [1.165, 1.54) is 5.56 Å². The van der Waals surface area contributed by atoms with Crippen molar-refractivity contribution in [2.75, 3.05) is 39.3 Å². The van der Waals surface area contributed by atoms with Crippen LogP contribution in [0.1, 0.15) is 23.6 Å². The number of carbonyl (C=O) groups excluding carboxylic acids is 2. The summed E-state index contributed by atoms with van der Waals surface area (Å²) < 4.78 is 5.91. The summed E-state index contributed by atoms with van der Waals surface area (Å²) in [5.74, 6) is 1.07. The van der Waals surface area contributed by atoms with Gasteiger partial charge in [0.1, 0.15) is 12.4 Å². The van der Waals surface area contributed by atoms with E-state index in [1.54, 1.807) is 6.92 Å². The van der Waals surface area contributed by atoms with Gasteiger partial charge < -0.3 is 14.5 Å². The molecule has 2 heterocycles. The molecule has 4 rings (SSSR count). The van der Waals surface area contributed by atoms with E-state index in [4.69, 9.17) is 16.3 Å². The van der Waals surface area contributed by atoms with Crippen LogP contribution >= 0.6 is 11.6 Å². The first-order valence-corrected chi connectivity index (χ1v) is 11.1. The molecule has 7 heteroatoms. The van der Waals surface area contributed by atoms with Gasteiger partial charge in [0.2, 0.25) is 11.8 Å². The normalized spacial score (nSPS) is 17.0. The van der Waals surface area contributed by atoms with Gasteiger partial charge in [-0.2, -0.15) is 0 Å². The van der Waals surface area contributed by atoms with Crippen molar-refractivity contribution in [2.24, 2.45) is 0 Å². The Morgan fingerprint density at radius 3 is 2.52 bits per heavy atom. The predicted molar refractivity (Wildman–Crippen MR) is 120 cm³/mol. The Kier molecular flexibility index (Phi) is 6.78. The second kappa shape index (κ2) is 9.71. The monoisotopic (exact) mass is 441 g/mol. The van der Waals surface area contributed by atoms with Gasteiger partial charge in [-0.3, -0.25) is 14.5 Å². The molecule has 6 nitrogen and oxygen atoms in total. The largest absolute Gasteiger partial charge is 0.491 e. The average Bonchev–Trinajstić information content (AvgIpc) is 2.96. The van der Waals surface area contributed by atoms with E-state index in [0.717, 1.165) is 49.6 Å². The van der Waals surface area contributed by atoms with Crippen LogP contribution in [0.15, 0.2) is 42.5 Å². The minimum atomic E-state index is 0.0736. The van der Waals surface area contributed by atoms with Crippen LogP contribution in [0.3, 0.4) is 0 Å². The van der Waals surface area contributed by atoms with E-state index < -0.39 is 0 Å². The third-order valence-corrected chi connectivity index (χ3v) is 6.16. The molecule has 31 heavy (non-hydrogen) atoms. The van der Waals surface area contributed by atoms with E-state index >= 15 is 0 Å². The van der Waals surface area contributed by atoms with Gasteiger partial charge in [-0.15, -0.1) is 0 Å². The van der Waals surface area contributed by atoms with E-state index in [-0.39, 0.29) is 11.8 Å². The van der Waals surface area contributed by atoms with Crippen LogP contribution in [0.25, 0.3) is 0 Å². The van der Waals surface area contributed by atoms with E-state index in [1.807, 2.05) is 40.1 Å². The van der Waals surface area contributed by atoms with Gasteiger partial charge in [0.25, 0.3) is 0 Å². The molecular weight excluding hydrogens is 414 g/mol. The standard InChI is InChI=1S/C24H28ClN3O3/c1-18(29)27-9-7-26(8-10-27)16-20-5-6-23-21(13-20)17-28(11-12-31-23)24(30)15-19-3-2-4-22(25)14-19/h2-6,13-14H,7-12,15-17H2,1H3. The molecule has 0 unspecified atom stereocenters. The van der Waals surface area contributed by atoms with Crippen LogP contribution in [0.5, 0.6) is 5.75 Å². The fourth-order valence-corrected chi connectivity index (χ4v) is 4.38. The lowest BCUT2D eigenvalue weighted by atomic mass is 10.1. The average molecular weight is 442 g/mol. The van der Waals surface area contributed by atoms with E-state index in [9.17, 15) is 9.59 Å². The molecular formula is C24H28ClN3O3. The Hall–Kier alpha value is -2.57. The summed E-state index contributed by atoms with van der Waals surface area (Å²) in [6.45, 7) is 7.34. The van der Waals surface area contributed by atoms with Crippen LogP contribution in [0.2, 0.25) is 5.02 Å². The van der Waals surface area contributed by atoms with Crippen LogP contribution in [0, 0.1) is 0 Å². The van der Waals surface area contributed by atoms with Crippen molar-refractivity contribution in [3.05, 3.63) is 64.2 Å². The summed E-state index contributed by atoms with van der Waals surface area (Å²) in [6, 6.07) is 13.7. The van der Waals surface area contributed by atoms with Gasteiger partial charge in [-0.05, 0) is 35.4 Å². The van der Waals surface area contributed by atoms with Gasteiger partial charge in [-0.1, -0.05) is 29.8 Å². The summed E-state index contributed by atoms with van der Waals surface area (Å²) in [6.07, 6.45) is 0.329. The summed E-state index contributed by atoms with van der Waals surface area (Å²) in [7, 11) is 0. The number of carbonyl (C=O) groups is 2. The molecule has 0 N–H and O–H groups in total. The fraction of sp³-hybridized carbons (Fsp3) is 0.417. The van der Waals surface area contributed by atoms with Crippen molar-refractivity contribution in [2.45, 2.75) is 26.4 Å². The highest BCUT2D eigenvalue weighted by molar-refractivity contribution is 6.30. The molecule has 1 fully saturated rings. The maximum Gasteiger partial charge on any atom is 0.227 e. The number of benzene rings is 2. The minimum Gasteiger partial charge on any atom is -0.491 e. The lowest BCUT2D eigenvalue weighted by molar-refractivity contribution is -0.131. The van der Waals surface area contributed by atoms with E-state index in [0.29, 0.717) is 31.1 Å². The van der Waals surface area contributed by atoms with Crippen molar-refractivity contribution in [1.29, 1.82) is 0 Å². The summed E-state index contributed by atoms with van der Waals surface area (Å²) in [5, 5.41) is 0.642. The van der Waals surface area contributed by atoms with Gasteiger partial charge in [0.05, 0.1) is 13.0 Å². The number of hydrogen-bond acceptors (Lipinski definition) is 4. The number of piperazine rings is 1. The van der Waals surface area contributed by atoms with Crippen LogP contribution in [-0.2, 0) is 29.1 Å². The lowest BCUT2D eigenvalue weighted by Gasteiger charge is -2.34. The SMILES string of the molecule is CC(=O)N1CCN(Cc2ccc3c(c2)CN(C(=O)Cc2cccc(Cl)c2)CCO3)CC1. The predicted octanol–water partition coefficient (Wildman–Crippen LogP) is 2.97. The highest BCUT2D eigenvalue weighted by Gasteiger charge is 2.22. The highest BCUT2D eigenvalue weighted by Crippen LogP contribution is 2.26. The van der Waals surface area contributed by atoms with Crippen molar-refractivity contribution >= 4 is 23.4 Å². The van der Waals surface area contributed by atoms with Gasteiger partial charge in [0.15, 0.2) is 0 Å². The second-order valence-corrected chi connectivity index (χ2v) is 8.63. The Balaban J connectivity index is 1.41. The summed E-state index contributed by atoms with van der Waals surface area (Å²) in [4.78, 5) is 30.6. The maximum atomic E-state index is 12.9. The number of hydrogen-bond donors (Lipinski definition) is 0. The number of halogens is 1. The quantitative estimate of drug-likeness (QED) is 0.732. The number of ether oxygens (including phenoxy) is 1. The first-order valence-electron chi connectivity index (χ1n) is 10.7. The molecule has 2 aliphatic rings. The molecule has 164 valence electrons. The van der Waals surface area contributed by atoms with E-state index in [2.05, 4.69) is 17.0 Å². The molecule has 0 aromatic heterocycles. The smallest absolute Gasteiger partial charge is 0.227 e. The van der Waals surface area contributed by atoms with Crippen LogP contribution in [-0.4, -0.2) is 65.8 Å². The zero-order valence-corrected chi connectivity index (χ0v) is 18.6. The summed E-state index contributed by atoms with van der Waals surface area (Å²) in [5.41, 5.74) is 3.15. The van der Waals surface area contributed by atoms with Gasteiger partial charge in [-0.25, -0.2) is 0 Å². The molecule has 2 aromatic carbocycles. The zero-order valence-electron chi connectivity index (χ0n) is 17.8. The fourth-order valence-electron chi connectivity index (χ4n) is 4.17. The van der Waals surface area contributed by atoms with Crippen LogP contribution < -0.4 is 4.74 Å². The Bertz CT molecular complexity index is 957. The molecule has 2 aromatic rings. The minimum absolute atomic E-state index is 0.0736. The highest BCUT2D eigenvalue weighted by atomic mass is 35.5. The van der Waals surface area contributed by atoms with Crippen LogP contribution in [0.4, 0.5) is 0 Å². The number of fused-ring (bicyclic) bond motifs is 1. The van der Waals surface area contributed by atoms with Gasteiger partial charge in [0, 0.05) is 56.8 Å². The summed E-state index contributed by atoms with van der Waals surface area (Å²) >= 11 is 6.06. The zero-order chi connectivity index (χ0) is 21.8. The second-order valence-electron chi connectivity index (χ2n) is 8.19. The molecule has 2 amide bonds. The Labute approximate surface area is 188 Å². The number of nitrogens with zero attached hydrogens (tertiary/aromatic N) is 3. The topological polar surface area (TPSA) is 53.1 Å². The maximum absolute atomic E-state index is 12.9. The Morgan fingerprint density at radius 1 is 0.968 bits per heavy atom. The third-order valence-electron chi connectivity index (χ3n) is 5.93. The first kappa shape index (κ1) is 21.7. The molecule has 0 aliphatic carbocycles. The molecule has 0 bridgehead atoms. The number of rotatable bonds is 4. The molecule has 0 spiro atoms. The molecule has 1 saturated heterocycles. The third kappa shape index (κ3) is 5.57.